The van der Waals surface area contributed by atoms with E-state index in [2.05, 4.69) is 15.3 Å². The van der Waals surface area contributed by atoms with Crippen LogP contribution in [0.2, 0.25) is 0 Å². The summed E-state index contributed by atoms with van der Waals surface area (Å²) in [6.07, 6.45) is 2.17. The van der Waals surface area contributed by atoms with Crippen molar-refractivity contribution >= 4 is 21.5 Å². The van der Waals surface area contributed by atoms with Crippen LogP contribution in [0.15, 0.2) is 35.2 Å². The molecule has 0 spiro atoms. The molecule has 0 N–H and O–H groups in total. The van der Waals surface area contributed by atoms with E-state index in [1.54, 1.807) is 4.52 Å². The molecule has 2 aliphatic rings. The highest BCUT2D eigenvalue weighted by Gasteiger charge is 2.32. The minimum absolute atomic E-state index is 0.148. The first kappa shape index (κ1) is 18.4. The highest BCUT2D eigenvalue weighted by molar-refractivity contribution is 7.89. The number of anilines is 1. The molecule has 2 fully saturated rings. The van der Waals surface area contributed by atoms with Gasteiger partial charge in [0, 0.05) is 32.1 Å². The molecule has 1 aliphatic carbocycles. The number of piperazine rings is 1. The summed E-state index contributed by atoms with van der Waals surface area (Å²) in [5.74, 6) is 0.205. The van der Waals surface area contributed by atoms with Crippen molar-refractivity contribution in [3.8, 4) is 0 Å². The largest absolute Gasteiger partial charge is 0.353 e. The Kier molecular flexibility index (Phi) is 4.24. The monoisotopic (exact) mass is 420 g/mol. The molecule has 1 saturated carbocycles. The first-order chi connectivity index (χ1) is 13.9. The minimum atomic E-state index is -4.11. The predicted molar refractivity (Wildman–Crippen MR) is 100 cm³/mol. The second-order valence-corrected chi connectivity index (χ2v) is 9.17. The lowest BCUT2D eigenvalue weighted by molar-refractivity contribution is 0.380. The van der Waals surface area contributed by atoms with Crippen LogP contribution in [-0.4, -0.2) is 58.7 Å². The van der Waals surface area contributed by atoms with E-state index in [0.29, 0.717) is 30.5 Å². The summed E-state index contributed by atoms with van der Waals surface area (Å²) in [4.78, 5) is 1.33. The standard InChI is InChI=1S/C18H18F2N6O2S/c19-13-3-4-14(20)15(11-13)29(27,28)25-9-7-24(8-10-25)17-6-5-16-21-22-18(12-1-2-12)26(16)23-17/h3-6,11-12H,1-2,7-10H2. The number of aromatic nitrogens is 4. The van der Waals surface area contributed by atoms with E-state index >= 15 is 0 Å². The maximum Gasteiger partial charge on any atom is 0.246 e. The maximum absolute atomic E-state index is 14.0. The van der Waals surface area contributed by atoms with Crippen LogP contribution in [0, 0.1) is 11.6 Å². The number of fused-ring (bicyclic) bond motifs is 1. The molecule has 1 saturated heterocycles. The number of halogens is 2. The molecule has 1 aliphatic heterocycles. The van der Waals surface area contributed by atoms with Crippen LogP contribution in [0.1, 0.15) is 24.6 Å². The van der Waals surface area contributed by atoms with Crippen LogP contribution >= 0.6 is 0 Å². The summed E-state index contributed by atoms with van der Waals surface area (Å²) in [5, 5.41) is 13.0. The lowest BCUT2D eigenvalue weighted by Gasteiger charge is -2.34. The van der Waals surface area contributed by atoms with Gasteiger partial charge in [-0.2, -0.15) is 8.82 Å². The van der Waals surface area contributed by atoms with Gasteiger partial charge in [0.25, 0.3) is 0 Å². The molecule has 3 aromatic rings. The highest BCUT2D eigenvalue weighted by Crippen LogP contribution is 2.38. The van der Waals surface area contributed by atoms with Crippen molar-refractivity contribution in [1.29, 1.82) is 0 Å². The summed E-state index contributed by atoms with van der Waals surface area (Å²) in [6, 6.07) is 6.12. The fourth-order valence-corrected chi connectivity index (χ4v) is 5.03. The van der Waals surface area contributed by atoms with E-state index < -0.39 is 26.6 Å². The normalized spacial score (nSPS) is 18.5. The van der Waals surface area contributed by atoms with Gasteiger partial charge in [-0.05, 0) is 43.2 Å². The molecule has 0 bridgehead atoms. The van der Waals surface area contributed by atoms with Gasteiger partial charge in [-0.1, -0.05) is 0 Å². The van der Waals surface area contributed by atoms with Crippen molar-refractivity contribution in [2.24, 2.45) is 0 Å². The summed E-state index contributed by atoms with van der Waals surface area (Å²) in [5.41, 5.74) is 0.679. The van der Waals surface area contributed by atoms with Gasteiger partial charge >= 0.3 is 0 Å². The van der Waals surface area contributed by atoms with Crippen LogP contribution in [0.3, 0.4) is 0 Å². The molecule has 2 aromatic heterocycles. The maximum atomic E-state index is 14.0. The van der Waals surface area contributed by atoms with E-state index in [1.165, 1.54) is 4.31 Å². The van der Waals surface area contributed by atoms with Gasteiger partial charge in [-0.15, -0.1) is 15.3 Å². The average Bonchev–Trinajstić information content (AvgIpc) is 3.48. The van der Waals surface area contributed by atoms with Crippen molar-refractivity contribution < 1.29 is 17.2 Å². The highest BCUT2D eigenvalue weighted by atomic mass is 32.2. The Morgan fingerprint density at radius 3 is 2.45 bits per heavy atom. The van der Waals surface area contributed by atoms with E-state index in [1.807, 2.05) is 17.0 Å². The molecule has 3 heterocycles. The van der Waals surface area contributed by atoms with Crippen LogP contribution in [-0.2, 0) is 10.0 Å². The fourth-order valence-electron chi connectivity index (χ4n) is 3.53. The Balaban J connectivity index is 1.35. The quantitative estimate of drug-likeness (QED) is 0.640. The number of benzene rings is 1. The summed E-state index contributed by atoms with van der Waals surface area (Å²) in [6.45, 7) is 1.07. The lowest BCUT2D eigenvalue weighted by Crippen LogP contribution is -2.49. The predicted octanol–water partition coefficient (Wildman–Crippen LogP) is 1.79. The number of rotatable bonds is 4. The molecule has 0 amide bonds. The fraction of sp³-hybridized carbons (Fsp3) is 0.389. The third-order valence-corrected chi connectivity index (χ3v) is 7.20. The number of sulfonamides is 1. The minimum Gasteiger partial charge on any atom is -0.353 e. The van der Waals surface area contributed by atoms with Crippen LogP contribution in [0.25, 0.3) is 5.65 Å². The molecular formula is C18H18F2N6O2S. The Morgan fingerprint density at radius 2 is 1.72 bits per heavy atom. The Morgan fingerprint density at radius 1 is 0.966 bits per heavy atom. The second-order valence-electron chi connectivity index (χ2n) is 7.26. The van der Waals surface area contributed by atoms with E-state index in [4.69, 9.17) is 0 Å². The van der Waals surface area contributed by atoms with Crippen LogP contribution < -0.4 is 4.90 Å². The van der Waals surface area contributed by atoms with E-state index in [9.17, 15) is 17.2 Å². The van der Waals surface area contributed by atoms with E-state index in [-0.39, 0.29) is 13.1 Å². The van der Waals surface area contributed by atoms with Crippen molar-refractivity contribution in [1.82, 2.24) is 24.1 Å². The Hall–Kier alpha value is -2.66. The molecule has 8 nitrogen and oxygen atoms in total. The summed E-state index contributed by atoms with van der Waals surface area (Å²) in [7, 11) is -4.11. The van der Waals surface area contributed by atoms with Gasteiger partial charge in [-0.3, -0.25) is 0 Å². The molecule has 5 rings (SSSR count). The van der Waals surface area contributed by atoms with Crippen LogP contribution in [0.4, 0.5) is 14.6 Å². The third kappa shape index (κ3) is 3.23. The number of hydrogen-bond acceptors (Lipinski definition) is 6. The first-order valence-corrected chi connectivity index (χ1v) is 10.8. The van der Waals surface area contributed by atoms with Gasteiger partial charge in [0.1, 0.15) is 22.3 Å². The van der Waals surface area contributed by atoms with Gasteiger partial charge in [-0.25, -0.2) is 17.2 Å². The first-order valence-electron chi connectivity index (χ1n) is 9.36. The zero-order chi connectivity index (χ0) is 20.2. The van der Waals surface area contributed by atoms with Crippen LogP contribution in [0.5, 0.6) is 0 Å². The molecule has 1 aromatic carbocycles. The Labute approximate surface area is 165 Å². The van der Waals surface area contributed by atoms with Crippen molar-refractivity contribution in [3.05, 3.63) is 47.8 Å². The lowest BCUT2D eigenvalue weighted by atomic mass is 10.3. The second kappa shape index (κ2) is 6.70. The molecule has 11 heteroatoms. The average molecular weight is 420 g/mol. The molecule has 29 heavy (non-hydrogen) atoms. The zero-order valence-electron chi connectivity index (χ0n) is 15.4. The van der Waals surface area contributed by atoms with Crippen molar-refractivity contribution in [2.75, 3.05) is 31.1 Å². The Bertz CT molecular complexity index is 1190. The third-order valence-electron chi connectivity index (χ3n) is 5.29. The smallest absolute Gasteiger partial charge is 0.246 e. The molecule has 0 atom stereocenters. The van der Waals surface area contributed by atoms with Gasteiger partial charge in [0.15, 0.2) is 11.5 Å². The molecule has 0 unspecified atom stereocenters. The molecular weight excluding hydrogens is 402 g/mol. The number of hydrogen-bond donors (Lipinski definition) is 0. The summed E-state index contributed by atoms with van der Waals surface area (Å²) < 4.78 is 55.8. The van der Waals surface area contributed by atoms with Crippen molar-refractivity contribution in [3.63, 3.8) is 0 Å². The topological polar surface area (TPSA) is 83.7 Å². The van der Waals surface area contributed by atoms with Gasteiger partial charge < -0.3 is 4.90 Å². The van der Waals surface area contributed by atoms with Crippen molar-refractivity contribution in [2.45, 2.75) is 23.7 Å². The van der Waals surface area contributed by atoms with Gasteiger partial charge in [0.05, 0.1) is 0 Å². The summed E-state index contributed by atoms with van der Waals surface area (Å²) >= 11 is 0. The number of nitrogens with zero attached hydrogens (tertiary/aromatic N) is 6. The van der Waals surface area contributed by atoms with Gasteiger partial charge in [0.2, 0.25) is 10.0 Å². The SMILES string of the molecule is O=S(=O)(c1cc(F)ccc1F)N1CCN(c2ccc3nnc(C4CC4)n3n2)CC1. The molecule has 0 radical (unpaired) electrons. The van der Waals surface area contributed by atoms with E-state index in [0.717, 1.165) is 36.9 Å². The molecule has 152 valence electrons. The zero-order valence-corrected chi connectivity index (χ0v) is 16.2.